The first-order valence-electron chi connectivity index (χ1n) is 11.7. The lowest BCUT2D eigenvalue weighted by Crippen LogP contribution is -2.29. The van der Waals surface area contributed by atoms with Gasteiger partial charge in [0.2, 0.25) is 0 Å². The van der Waals surface area contributed by atoms with Crippen molar-refractivity contribution in [2.75, 3.05) is 4.90 Å². The number of rotatable bonds is 4. The minimum atomic E-state index is -0.0538. The number of nitrogens with zero attached hydrogens (tertiary/aromatic N) is 3. The normalized spacial score (nSPS) is 17.8. The van der Waals surface area contributed by atoms with Crippen molar-refractivity contribution in [1.82, 2.24) is 14.9 Å². The number of benzene rings is 2. The van der Waals surface area contributed by atoms with Crippen LogP contribution in [0.3, 0.4) is 0 Å². The second-order valence-corrected chi connectivity index (χ2v) is 9.62. The average molecular weight is 467 g/mol. The van der Waals surface area contributed by atoms with Crippen LogP contribution in [0.25, 0.3) is 5.69 Å². The highest BCUT2D eigenvalue weighted by atomic mass is 32.1. The second-order valence-electron chi connectivity index (χ2n) is 9.23. The molecular formula is C29H30N4S. The molecule has 0 saturated carbocycles. The van der Waals surface area contributed by atoms with Crippen LogP contribution >= 0.6 is 12.2 Å². The van der Waals surface area contributed by atoms with Gasteiger partial charge in [0.15, 0.2) is 5.11 Å². The summed E-state index contributed by atoms with van der Waals surface area (Å²) in [5.74, 6) is 0. The third-order valence-electron chi connectivity index (χ3n) is 6.86. The van der Waals surface area contributed by atoms with E-state index < -0.39 is 0 Å². The predicted molar refractivity (Wildman–Crippen MR) is 144 cm³/mol. The molecule has 2 atom stereocenters. The summed E-state index contributed by atoms with van der Waals surface area (Å²) in [5, 5.41) is 4.31. The van der Waals surface area contributed by atoms with E-state index in [0.717, 1.165) is 16.5 Å². The number of pyridine rings is 1. The zero-order chi connectivity index (χ0) is 24.0. The molecule has 5 heteroatoms. The summed E-state index contributed by atoms with van der Waals surface area (Å²) in [6.45, 7) is 10.9. The van der Waals surface area contributed by atoms with E-state index in [4.69, 9.17) is 17.2 Å². The Hall–Kier alpha value is -3.44. The first-order valence-corrected chi connectivity index (χ1v) is 12.1. The molecule has 2 aromatic heterocycles. The fourth-order valence-corrected chi connectivity index (χ4v) is 5.59. The number of anilines is 1. The molecular weight excluding hydrogens is 436 g/mol. The number of thiocarbonyl (C=S) groups is 1. The molecule has 1 aliphatic rings. The number of aromatic nitrogens is 2. The Balaban J connectivity index is 1.71. The number of hydrogen-bond donors (Lipinski definition) is 1. The summed E-state index contributed by atoms with van der Waals surface area (Å²) in [4.78, 5) is 6.96. The molecule has 5 rings (SSSR count). The van der Waals surface area contributed by atoms with E-state index in [-0.39, 0.29) is 12.1 Å². The largest absolute Gasteiger partial charge is 0.351 e. The molecule has 0 bridgehead atoms. The highest BCUT2D eigenvalue weighted by Gasteiger charge is 2.42. The number of hydrogen-bond acceptors (Lipinski definition) is 2. The Morgan fingerprint density at radius 2 is 1.56 bits per heavy atom. The standard InChI is InChI=1S/C29H30N4S/c1-18-12-14-23(15-13-18)33-28(26(31-29(33)34)25-11-6-7-16-30-25)24-17-21(4)32(22(24)5)27-19(2)9-8-10-20(27)3/h6-17,26,28H,1-5H3,(H,31,34)/t26-,28+/m1/s1. The van der Waals surface area contributed by atoms with Gasteiger partial charge in [-0.1, -0.05) is 42.0 Å². The van der Waals surface area contributed by atoms with E-state index in [1.165, 1.54) is 39.3 Å². The molecule has 4 nitrogen and oxygen atoms in total. The summed E-state index contributed by atoms with van der Waals surface area (Å²) in [5.41, 5.74) is 10.8. The first kappa shape index (κ1) is 22.4. The fourth-order valence-electron chi connectivity index (χ4n) is 5.24. The van der Waals surface area contributed by atoms with Crippen molar-refractivity contribution >= 4 is 23.0 Å². The average Bonchev–Trinajstić information content (AvgIpc) is 3.31. The predicted octanol–water partition coefficient (Wildman–Crippen LogP) is 6.59. The van der Waals surface area contributed by atoms with Crippen LogP contribution in [-0.4, -0.2) is 14.7 Å². The van der Waals surface area contributed by atoms with Crippen molar-refractivity contribution in [2.45, 2.75) is 46.7 Å². The quantitative estimate of drug-likeness (QED) is 0.344. The smallest absolute Gasteiger partial charge is 0.174 e. The van der Waals surface area contributed by atoms with Crippen LogP contribution in [0, 0.1) is 34.6 Å². The molecule has 1 saturated heterocycles. The summed E-state index contributed by atoms with van der Waals surface area (Å²) in [6, 6.07) is 23.4. The minimum Gasteiger partial charge on any atom is -0.351 e. The van der Waals surface area contributed by atoms with Crippen molar-refractivity contribution in [2.24, 2.45) is 0 Å². The second kappa shape index (κ2) is 8.73. The molecule has 0 spiro atoms. The van der Waals surface area contributed by atoms with Crippen LogP contribution in [0.1, 0.15) is 51.4 Å². The van der Waals surface area contributed by atoms with Crippen molar-refractivity contribution in [3.05, 3.63) is 112 Å². The molecule has 172 valence electrons. The molecule has 0 unspecified atom stereocenters. The molecule has 34 heavy (non-hydrogen) atoms. The van der Waals surface area contributed by atoms with Crippen LogP contribution in [0.2, 0.25) is 0 Å². The van der Waals surface area contributed by atoms with Gasteiger partial charge in [0.05, 0.1) is 23.5 Å². The molecule has 1 N–H and O–H groups in total. The van der Waals surface area contributed by atoms with E-state index in [0.29, 0.717) is 0 Å². The van der Waals surface area contributed by atoms with E-state index in [1.807, 2.05) is 18.3 Å². The highest BCUT2D eigenvalue weighted by Crippen LogP contribution is 2.44. The van der Waals surface area contributed by atoms with Crippen molar-refractivity contribution in [3.63, 3.8) is 0 Å². The summed E-state index contributed by atoms with van der Waals surface area (Å²) in [7, 11) is 0. The van der Waals surface area contributed by atoms with E-state index in [2.05, 4.69) is 104 Å². The van der Waals surface area contributed by atoms with Gasteiger partial charge in [0.25, 0.3) is 0 Å². The maximum Gasteiger partial charge on any atom is 0.174 e. The Labute approximate surface area is 207 Å². The molecule has 1 aliphatic heterocycles. The van der Waals surface area contributed by atoms with Crippen LogP contribution in [0.15, 0.2) is 72.9 Å². The lowest BCUT2D eigenvalue weighted by molar-refractivity contribution is 0.565. The number of para-hydroxylation sites is 1. The van der Waals surface area contributed by atoms with Gasteiger partial charge in [-0.05, 0) is 93.9 Å². The molecule has 0 aliphatic carbocycles. The van der Waals surface area contributed by atoms with Crippen LogP contribution < -0.4 is 10.2 Å². The maximum absolute atomic E-state index is 5.91. The van der Waals surface area contributed by atoms with E-state index in [9.17, 15) is 0 Å². The SMILES string of the molecule is Cc1ccc(N2C(=S)N[C@H](c3ccccn3)[C@@H]2c2cc(C)n(-c3c(C)cccc3C)c2C)cc1. The van der Waals surface area contributed by atoms with E-state index >= 15 is 0 Å². The fraction of sp³-hybridized carbons (Fsp3) is 0.241. The summed E-state index contributed by atoms with van der Waals surface area (Å²) in [6.07, 6.45) is 1.85. The van der Waals surface area contributed by atoms with Gasteiger partial charge in [-0.2, -0.15) is 0 Å². The van der Waals surface area contributed by atoms with E-state index in [1.54, 1.807) is 0 Å². The highest BCUT2D eigenvalue weighted by molar-refractivity contribution is 7.80. The first-order chi connectivity index (χ1) is 16.4. The Bertz CT molecular complexity index is 1330. The zero-order valence-corrected chi connectivity index (χ0v) is 21.1. The zero-order valence-electron chi connectivity index (χ0n) is 20.3. The summed E-state index contributed by atoms with van der Waals surface area (Å²) < 4.78 is 2.39. The maximum atomic E-state index is 5.91. The monoisotopic (exact) mass is 466 g/mol. The van der Waals surface area contributed by atoms with Gasteiger partial charge < -0.3 is 14.8 Å². The molecule has 1 fully saturated rings. The molecule has 0 amide bonds. The van der Waals surface area contributed by atoms with Gasteiger partial charge in [-0.3, -0.25) is 4.98 Å². The van der Waals surface area contributed by atoms with Crippen molar-refractivity contribution in [3.8, 4) is 5.69 Å². The minimum absolute atomic E-state index is 0.0191. The van der Waals surface area contributed by atoms with Gasteiger partial charge in [0.1, 0.15) is 0 Å². The Morgan fingerprint density at radius 1 is 0.853 bits per heavy atom. The molecule has 4 aromatic rings. The molecule has 3 heterocycles. The number of aryl methyl sites for hydroxylation is 4. The van der Waals surface area contributed by atoms with Crippen LogP contribution in [-0.2, 0) is 0 Å². The molecule has 0 radical (unpaired) electrons. The van der Waals surface area contributed by atoms with Gasteiger partial charge in [-0.25, -0.2) is 0 Å². The third-order valence-corrected chi connectivity index (χ3v) is 7.18. The van der Waals surface area contributed by atoms with Crippen LogP contribution in [0.4, 0.5) is 5.69 Å². The Kier molecular flexibility index (Phi) is 5.74. The van der Waals surface area contributed by atoms with Gasteiger partial charge in [0, 0.05) is 23.3 Å². The molecule has 2 aromatic carbocycles. The van der Waals surface area contributed by atoms with Crippen molar-refractivity contribution in [1.29, 1.82) is 0 Å². The third kappa shape index (κ3) is 3.70. The lowest BCUT2D eigenvalue weighted by Gasteiger charge is -2.28. The topological polar surface area (TPSA) is 33.1 Å². The number of nitrogens with one attached hydrogen (secondary N) is 1. The van der Waals surface area contributed by atoms with Crippen LogP contribution in [0.5, 0.6) is 0 Å². The van der Waals surface area contributed by atoms with Gasteiger partial charge in [-0.15, -0.1) is 0 Å². The van der Waals surface area contributed by atoms with Crippen molar-refractivity contribution < 1.29 is 0 Å². The summed E-state index contributed by atoms with van der Waals surface area (Å²) >= 11 is 5.91. The van der Waals surface area contributed by atoms with Gasteiger partial charge >= 0.3 is 0 Å². The lowest BCUT2D eigenvalue weighted by atomic mass is 9.96. The Morgan fingerprint density at radius 3 is 2.21 bits per heavy atom.